The Bertz CT molecular complexity index is 563. The van der Waals surface area contributed by atoms with Gasteiger partial charge in [0, 0.05) is 16.8 Å². The topological polar surface area (TPSA) is 54.1 Å². The van der Waals surface area contributed by atoms with Crippen LogP contribution < -0.4 is 5.32 Å². The maximum atomic E-state index is 11.3. The summed E-state index contributed by atoms with van der Waals surface area (Å²) in [6, 6.07) is 5.89. The van der Waals surface area contributed by atoms with Gasteiger partial charge in [0.1, 0.15) is 0 Å². The molecule has 0 fully saturated rings. The van der Waals surface area contributed by atoms with Crippen LogP contribution in [0.25, 0.3) is 10.9 Å². The molecular formula is C13H16N2O2S. The third-order valence-corrected chi connectivity index (χ3v) is 3.59. The summed E-state index contributed by atoms with van der Waals surface area (Å²) in [5, 5.41) is 4.31. The summed E-state index contributed by atoms with van der Waals surface area (Å²) in [5.41, 5.74) is 1.82. The van der Waals surface area contributed by atoms with Crippen LogP contribution in [0.4, 0.5) is 10.5 Å². The highest BCUT2D eigenvalue weighted by Gasteiger charge is 2.13. The first-order valence-corrected chi connectivity index (χ1v) is 6.61. The summed E-state index contributed by atoms with van der Waals surface area (Å²) in [6.45, 7) is 4.24. The maximum absolute atomic E-state index is 11.3. The van der Waals surface area contributed by atoms with Crippen LogP contribution in [-0.2, 0) is 4.74 Å². The Hall–Kier alpha value is -1.62. The average Bonchev–Trinajstić information content (AvgIpc) is 2.79. The number of benzene rings is 1. The minimum absolute atomic E-state index is 0.428. The van der Waals surface area contributed by atoms with Crippen molar-refractivity contribution in [3.63, 3.8) is 0 Å². The number of rotatable bonds is 3. The fourth-order valence-electron chi connectivity index (χ4n) is 1.72. The molecule has 0 spiro atoms. The molecule has 96 valence electrons. The van der Waals surface area contributed by atoms with Crippen molar-refractivity contribution in [3.05, 3.63) is 24.4 Å². The molecule has 1 heterocycles. The van der Waals surface area contributed by atoms with E-state index in [1.165, 1.54) is 7.11 Å². The van der Waals surface area contributed by atoms with Gasteiger partial charge in [0.2, 0.25) is 0 Å². The van der Waals surface area contributed by atoms with E-state index < -0.39 is 6.09 Å². The van der Waals surface area contributed by atoms with Gasteiger partial charge in [0.25, 0.3) is 0 Å². The van der Waals surface area contributed by atoms with E-state index in [0.29, 0.717) is 5.25 Å². The molecule has 0 aliphatic heterocycles. The molecule has 18 heavy (non-hydrogen) atoms. The van der Waals surface area contributed by atoms with Crippen LogP contribution in [-0.4, -0.2) is 23.4 Å². The van der Waals surface area contributed by atoms with Crippen molar-refractivity contribution in [1.82, 2.24) is 4.98 Å². The predicted molar refractivity (Wildman–Crippen MR) is 75.3 cm³/mol. The molecule has 2 N–H and O–H groups in total. The van der Waals surface area contributed by atoms with Crippen LogP contribution in [0.1, 0.15) is 13.8 Å². The zero-order chi connectivity index (χ0) is 13.1. The van der Waals surface area contributed by atoms with E-state index in [0.717, 1.165) is 21.5 Å². The van der Waals surface area contributed by atoms with Gasteiger partial charge >= 0.3 is 6.09 Å². The molecule has 1 aromatic carbocycles. The summed E-state index contributed by atoms with van der Waals surface area (Å²) >= 11 is 1.71. The molecule has 0 atom stereocenters. The zero-order valence-electron chi connectivity index (χ0n) is 10.6. The Morgan fingerprint density at radius 3 is 2.83 bits per heavy atom. The standard InChI is InChI=1S/C13H16N2O2S/c1-8(2)18-12-10(15-13(16)17-3)5-4-9-6-7-14-11(9)12/h4-8,14H,1-3H3,(H,15,16). The first-order valence-electron chi connectivity index (χ1n) is 5.73. The molecule has 4 nitrogen and oxygen atoms in total. The molecule has 0 saturated heterocycles. The number of hydrogen-bond donors (Lipinski definition) is 2. The number of methoxy groups -OCH3 is 1. The van der Waals surface area contributed by atoms with Crippen LogP contribution in [0, 0.1) is 0 Å². The molecule has 2 rings (SSSR count). The lowest BCUT2D eigenvalue weighted by Gasteiger charge is -2.13. The molecule has 0 unspecified atom stereocenters. The normalized spacial score (nSPS) is 10.9. The number of nitrogens with one attached hydrogen (secondary N) is 2. The second-order valence-corrected chi connectivity index (χ2v) is 5.75. The number of thioether (sulfide) groups is 1. The van der Waals surface area contributed by atoms with E-state index in [9.17, 15) is 4.79 Å². The second-order valence-electron chi connectivity index (χ2n) is 4.17. The number of carbonyl (C=O) groups is 1. The Kier molecular flexibility index (Phi) is 3.81. The van der Waals surface area contributed by atoms with Gasteiger partial charge in [-0.1, -0.05) is 19.9 Å². The van der Waals surface area contributed by atoms with Crippen molar-refractivity contribution in [2.45, 2.75) is 24.0 Å². The number of aromatic amines is 1. The van der Waals surface area contributed by atoms with Crippen LogP contribution in [0.3, 0.4) is 0 Å². The van der Waals surface area contributed by atoms with Crippen LogP contribution >= 0.6 is 11.8 Å². The quantitative estimate of drug-likeness (QED) is 0.828. The summed E-state index contributed by atoms with van der Waals surface area (Å²) in [5.74, 6) is 0. The molecule has 1 aromatic heterocycles. The lowest BCUT2D eigenvalue weighted by molar-refractivity contribution is 0.187. The van der Waals surface area contributed by atoms with Gasteiger partial charge in [-0.3, -0.25) is 5.32 Å². The predicted octanol–water partition coefficient (Wildman–Crippen LogP) is 3.85. The highest BCUT2D eigenvalue weighted by atomic mass is 32.2. The molecule has 2 aromatic rings. The molecular weight excluding hydrogens is 248 g/mol. The maximum Gasteiger partial charge on any atom is 0.411 e. The lowest BCUT2D eigenvalue weighted by Crippen LogP contribution is -2.12. The molecule has 1 amide bonds. The van der Waals surface area contributed by atoms with Crippen molar-refractivity contribution in [2.75, 3.05) is 12.4 Å². The van der Waals surface area contributed by atoms with E-state index in [4.69, 9.17) is 0 Å². The minimum Gasteiger partial charge on any atom is -0.453 e. The number of ether oxygens (including phenoxy) is 1. The number of aromatic nitrogens is 1. The highest BCUT2D eigenvalue weighted by Crippen LogP contribution is 2.36. The monoisotopic (exact) mass is 264 g/mol. The highest BCUT2D eigenvalue weighted by molar-refractivity contribution is 8.00. The molecule has 0 aliphatic carbocycles. The van der Waals surface area contributed by atoms with Crippen molar-refractivity contribution >= 4 is 34.4 Å². The third kappa shape index (κ3) is 2.61. The van der Waals surface area contributed by atoms with E-state index in [2.05, 4.69) is 28.9 Å². The second kappa shape index (κ2) is 5.35. The fraction of sp³-hybridized carbons (Fsp3) is 0.308. The van der Waals surface area contributed by atoms with E-state index in [1.807, 2.05) is 24.4 Å². The number of anilines is 1. The Balaban J connectivity index is 2.46. The first-order chi connectivity index (χ1) is 8.61. The number of carbonyl (C=O) groups excluding carboxylic acids is 1. The Morgan fingerprint density at radius 2 is 2.17 bits per heavy atom. The van der Waals surface area contributed by atoms with E-state index in [-0.39, 0.29) is 0 Å². The largest absolute Gasteiger partial charge is 0.453 e. The number of hydrogen-bond acceptors (Lipinski definition) is 3. The number of amides is 1. The van der Waals surface area contributed by atoms with Crippen LogP contribution in [0.5, 0.6) is 0 Å². The van der Waals surface area contributed by atoms with Crippen LogP contribution in [0.2, 0.25) is 0 Å². The summed E-state index contributed by atoms with van der Waals surface area (Å²) < 4.78 is 4.64. The zero-order valence-corrected chi connectivity index (χ0v) is 11.4. The first kappa shape index (κ1) is 12.8. The molecule has 0 aliphatic rings. The van der Waals surface area contributed by atoms with Crippen molar-refractivity contribution in [2.24, 2.45) is 0 Å². The molecule has 0 bridgehead atoms. The van der Waals surface area contributed by atoms with Crippen LogP contribution in [0.15, 0.2) is 29.3 Å². The van der Waals surface area contributed by atoms with Gasteiger partial charge < -0.3 is 9.72 Å². The van der Waals surface area contributed by atoms with E-state index in [1.54, 1.807) is 11.8 Å². The van der Waals surface area contributed by atoms with Crippen molar-refractivity contribution < 1.29 is 9.53 Å². The van der Waals surface area contributed by atoms with Gasteiger partial charge in [-0.15, -0.1) is 11.8 Å². The Labute approximate surface area is 110 Å². The van der Waals surface area contributed by atoms with Gasteiger partial charge in [-0.05, 0) is 12.1 Å². The molecule has 5 heteroatoms. The number of fused-ring (bicyclic) bond motifs is 1. The van der Waals surface area contributed by atoms with Crippen molar-refractivity contribution in [3.8, 4) is 0 Å². The molecule has 0 saturated carbocycles. The number of H-pyrrole nitrogens is 1. The van der Waals surface area contributed by atoms with Gasteiger partial charge in [-0.2, -0.15) is 0 Å². The summed E-state index contributed by atoms with van der Waals surface area (Å²) in [4.78, 5) is 15.6. The minimum atomic E-state index is -0.452. The third-order valence-electron chi connectivity index (χ3n) is 2.46. The SMILES string of the molecule is COC(=O)Nc1ccc2cc[nH]c2c1SC(C)C. The lowest BCUT2D eigenvalue weighted by atomic mass is 10.2. The van der Waals surface area contributed by atoms with Crippen molar-refractivity contribution in [1.29, 1.82) is 0 Å². The van der Waals surface area contributed by atoms with Gasteiger partial charge in [0.05, 0.1) is 23.2 Å². The molecule has 0 radical (unpaired) electrons. The average molecular weight is 264 g/mol. The van der Waals surface area contributed by atoms with Gasteiger partial charge in [-0.25, -0.2) is 4.79 Å². The summed E-state index contributed by atoms with van der Waals surface area (Å²) in [6.07, 6.45) is 1.45. The fourth-order valence-corrected chi connectivity index (χ4v) is 2.73. The van der Waals surface area contributed by atoms with E-state index >= 15 is 0 Å². The van der Waals surface area contributed by atoms with Gasteiger partial charge in [0.15, 0.2) is 0 Å². The smallest absolute Gasteiger partial charge is 0.411 e. The Morgan fingerprint density at radius 1 is 1.39 bits per heavy atom. The summed E-state index contributed by atoms with van der Waals surface area (Å²) in [7, 11) is 1.36.